The number of hydrazone groups is 1. The van der Waals surface area contributed by atoms with Crippen LogP contribution >= 0.6 is 0 Å². The van der Waals surface area contributed by atoms with Crippen LogP contribution in [0.25, 0.3) is 0 Å². The van der Waals surface area contributed by atoms with Gasteiger partial charge in [0.15, 0.2) is 5.82 Å². The molecule has 0 saturated heterocycles. The van der Waals surface area contributed by atoms with E-state index in [1.807, 2.05) is 24.2 Å². The highest BCUT2D eigenvalue weighted by molar-refractivity contribution is 5.86. The number of nitrogen functional groups attached to an aromatic ring is 1. The van der Waals surface area contributed by atoms with E-state index in [1.54, 1.807) is 10.9 Å². The molecule has 0 spiro atoms. The molecule has 0 aromatic carbocycles. The van der Waals surface area contributed by atoms with Gasteiger partial charge in [-0.15, -0.1) is 0 Å². The molecule has 0 aliphatic carbocycles. The number of hydrogen-bond acceptors (Lipinski definition) is 7. The largest absolute Gasteiger partial charge is 0.368 e. The first-order valence-electron chi connectivity index (χ1n) is 6.76. The lowest BCUT2D eigenvalue weighted by Crippen LogP contribution is -2.38. The molecule has 2 N–H and O–H groups in total. The third kappa shape index (κ3) is 2.69. The van der Waals surface area contributed by atoms with Gasteiger partial charge in [-0.25, -0.2) is 5.01 Å². The average Bonchev–Trinajstić information content (AvgIpc) is 2.95. The van der Waals surface area contributed by atoms with Gasteiger partial charge in [0.1, 0.15) is 6.54 Å². The van der Waals surface area contributed by atoms with Crippen LogP contribution < -0.4 is 10.7 Å². The van der Waals surface area contributed by atoms with Crippen molar-refractivity contribution in [1.82, 2.24) is 24.7 Å². The number of nitrogens with zero attached hydrogens (tertiary/aromatic N) is 7. The van der Waals surface area contributed by atoms with Gasteiger partial charge in [0.05, 0.1) is 5.54 Å². The second-order valence-electron chi connectivity index (χ2n) is 5.75. The molecule has 0 fully saturated rings. The SMILES string of the molecule is CC1=NN(c2nc(N)nc(Cn3cccn3)n2)C(C)(C)C1. The summed E-state index contributed by atoms with van der Waals surface area (Å²) < 4.78 is 1.74. The van der Waals surface area contributed by atoms with Crippen LogP contribution in [-0.4, -0.2) is 36.0 Å². The van der Waals surface area contributed by atoms with Crippen molar-refractivity contribution in [2.75, 3.05) is 10.7 Å². The molecule has 0 bridgehead atoms. The standard InChI is InChI=1S/C13H18N8/c1-9-7-13(2,3)21(19-9)12-17-10(16-11(14)18-12)8-20-6-4-5-15-20/h4-6H,7-8H2,1-3H3,(H2,14,16,17,18). The second kappa shape index (κ2) is 4.80. The lowest BCUT2D eigenvalue weighted by atomic mass is 9.99. The lowest BCUT2D eigenvalue weighted by molar-refractivity contribution is 0.503. The molecule has 8 nitrogen and oxygen atoms in total. The van der Waals surface area contributed by atoms with Crippen LogP contribution in [0.1, 0.15) is 33.0 Å². The topological polar surface area (TPSA) is 98.1 Å². The summed E-state index contributed by atoms with van der Waals surface area (Å²) in [5.74, 6) is 1.24. The van der Waals surface area contributed by atoms with Gasteiger partial charge < -0.3 is 5.73 Å². The van der Waals surface area contributed by atoms with E-state index in [-0.39, 0.29) is 11.5 Å². The minimum absolute atomic E-state index is 0.166. The fourth-order valence-electron chi connectivity index (χ4n) is 2.49. The highest BCUT2D eigenvalue weighted by Gasteiger charge is 2.35. The van der Waals surface area contributed by atoms with E-state index in [0.29, 0.717) is 18.3 Å². The second-order valence-corrected chi connectivity index (χ2v) is 5.75. The Balaban J connectivity index is 1.94. The Morgan fingerprint density at radius 2 is 2.10 bits per heavy atom. The summed E-state index contributed by atoms with van der Waals surface area (Å²) in [5, 5.41) is 10.5. The fraction of sp³-hybridized carbons (Fsp3) is 0.462. The van der Waals surface area contributed by atoms with Crippen LogP contribution in [-0.2, 0) is 6.54 Å². The first-order valence-corrected chi connectivity index (χ1v) is 6.76. The molecule has 21 heavy (non-hydrogen) atoms. The van der Waals surface area contributed by atoms with Gasteiger partial charge in [0.25, 0.3) is 5.95 Å². The van der Waals surface area contributed by atoms with Crippen molar-refractivity contribution in [3.8, 4) is 0 Å². The van der Waals surface area contributed by atoms with Gasteiger partial charge in [0, 0.05) is 24.5 Å². The third-order valence-corrected chi connectivity index (χ3v) is 3.27. The summed E-state index contributed by atoms with van der Waals surface area (Å²) in [6.45, 7) is 6.64. The maximum Gasteiger partial charge on any atom is 0.251 e. The molecular formula is C13H18N8. The summed E-state index contributed by atoms with van der Waals surface area (Å²) >= 11 is 0. The molecule has 3 rings (SSSR count). The minimum atomic E-state index is -0.166. The van der Waals surface area contributed by atoms with Gasteiger partial charge in [-0.3, -0.25) is 4.68 Å². The molecule has 3 heterocycles. The van der Waals surface area contributed by atoms with Crippen molar-refractivity contribution in [3.63, 3.8) is 0 Å². The van der Waals surface area contributed by atoms with E-state index in [1.165, 1.54) is 0 Å². The molecule has 8 heteroatoms. The molecule has 0 saturated carbocycles. The van der Waals surface area contributed by atoms with E-state index in [4.69, 9.17) is 5.73 Å². The third-order valence-electron chi connectivity index (χ3n) is 3.27. The van der Waals surface area contributed by atoms with Crippen molar-refractivity contribution in [1.29, 1.82) is 0 Å². The van der Waals surface area contributed by atoms with Gasteiger partial charge in [-0.1, -0.05) is 0 Å². The van der Waals surface area contributed by atoms with Crippen LogP contribution in [0.2, 0.25) is 0 Å². The minimum Gasteiger partial charge on any atom is -0.368 e. The fourth-order valence-corrected chi connectivity index (χ4v) is 2.49. The molecule has 0 unspecified atom stereocenters. The maximum absolute atomic E-state index is 5.81. The Labute approximate surface area is 122 Å². The van der Waals surface area contributed by atoms with Crippen molar-refractivity contribution in [2.24, 2.45) is 5.10 Å². The molecule has 0 amide bonds. The first-order chi connectivity index (χ1) is 9.94. The Morgan fingerprint density at radius 1 is 1.29 bits per heavy atom. The van der Waals surface area contributed by atoms with Crippen molar-refractivity contribution < 1.29 is 0 Å². The van der Waals surface area contributed by atoms with Crippen molar-refractivity contribution >= 4 is 17.6 Å². The number of hydrogen-bond donors (Lipinski definition) is 1. The van der Waals surface area contributed by atoms with Crippen molar-refractivity contribution in [3.05, 3.63) is 24.3 Å². The molecule has 1 aliphatic heterocycles. The summed E-state index contributed by atoms with van der Waals surface area (Å²) in [6.07, 6.45) is 4.43. The summed E-state index contributed by atoms with van der Waals surface area (Å²) in [4.78, 5) is 12.9. The van der Waals surface area contributed by atoms with E-state index in [9.17, 15) is 0 Å². The quantitative estimate of drug-likeness (QED) is 0.906. The molecule has 0 atom stereocenters. The predicted octanol–water partition coefficient (Wildman–Crippen LogP) is 1.06. The monoisotopic (exact) mass is 286 g/mol. The summed E-state index contributed by atoms with van der Waals surface area (Å²) in [5.41, 5.74) is 6.70. The lowest BCUT2D eigenvalue weighted by Gasteiger charge is -2.28. The van der Waals surface area contributed by atoms with Gasteiger partial charge in [0.2, 0.25) is 5.95 Å². The summed E-state index contributed by atoms with van der Waals surface area (Å²) in [6, 6.07) is 1.85. The van der Waals surface area contributed by atoms with Crippen LogP contribution in [0.4, 0.5) is 11.9 Å². The normalized spacial score (nSPS) is 17.1. The van der Waals surface area contributed by atoms with E-state index >= 15 is 0 Å². The average molecular weight is 286 g/mol. The first kappa shape index (κ1) is 13.5. The van der Waals surface area contributed by atoms with Gasteiger partial charge in [-0.2, -0.15) is 25.2 Å². The smallest absolute Gasteiger partial charge is 0.251 e. The highest BCUT2D eigenvalue weighted by atomic mass is 15.6. The van der Waals surface area contributed by atoms with E-state index in [0.717, 1.165) is 12.1 Å². The number of rotatable bonds is 3. The predicted molar refractivity (Wildman–Crippen MR) is 79.9 cm³/mol. The summed E-state index contributed by atoms with van der Waals surface area (Å²) in [7, 11) is 0. The molecule has 110 valence electrons. The Morgan fingerprint density at radius 3 is 2.71 bits per heavy atom. The van der Waals surface area contributed by atoms with Crippen LogP contribution in [0, 0.1) is 0 Å². The van der Waals surface area contributed by atoms with Crippen LogP contribution in [0.3, 0.4) is 0 Å². The number of nitrogens with two attached hydrogens (primary N) is 1. The Hall–Kier alpha value is -2.51. The molecule has 1 aliphatic rings. The van der Waals surface area contributed by atoms with Crippen molar-refractivity contribution in [2.45, 2.75) is 39.3 Å². The number of anilines is 2. The van der Waals surface area contributed by atoms with Gasteiger partial charge in [-0.05, 0) is 26.8 Å². The van der Waals surface area contributed by atoms with Gasteiger partial charge >= 0.3 is 0 Å². The zero-order chi connectivity index (χ0) is 15.0. The maximum atomic E-state index is 5.81. The zero-order valence-electron chi connectivity index (χ0n) is 12.4. The molecule has 0 radical (unpaired) electrons. The van der Waals surface area contributed by atoms with Crippen LogP contribution in [0.5, 0.6) is 0 Å². The highest BCUT2D eigenvalue weighted by Crippen LogP contribution is 2.30. The number of aromatic nitrogens is 5. The Bertz CT molecular complexity index is 673. The van der Waals surface area contributed by atoms with E-state index in [2.05, 4.69) is 39.0 Å². The molecule has 2 aromatic heterocycles. The Kier molecular flexibility index (Phi) is 3.08. The van der Waals surface area contributed by atoms with E-state index < -0.39 is 0 Å². The van der Waals surface area contributed by atoms with Crippen LogP contribution in [0.15, 0.2) is 23.6 Å². The molecular weight excluding hydrogens is 268 g/mol. The molecule has 2 aromatic rings. The zero-order valence-corrected chi connectivity index (χ0v) is 12.4.